The van der Waals surface area contributed by atoms with E-state index < -0.39 is 0 Å². The monoisotopic (exact) mass is 466 g/mol. The number of benzene rings is 2. The number of hydrazone groups is 1. The van der Waals surface area contributed by atoms with Gasteiger partial charge in [0.15, 0.2) is 23.2 Å². The van der Waals surface area contributed by atoms with Crippen molar-refractivity contribution in [3.63, 3.8) is 0 Å². The number of nitrogens with one attached hydrogen (secondary N) is 2. The highest BCUT2D eigenvalue weighted by Crippen LogP contribution is 2.33. The molecule has 0 saturated carbocycles. The Morgan fingerprint density at radius 2 is 1.93 bits per heavy atom. The molecule has 0 atom stereocenters. The SMILES string of the molecule is COc1ccccc1NC(=O)COc1cc(Br)c(C=NNC(N)=S)cc1OC. The lowest BCUT2D eigenvalue weighted by molar-refractivity contribution is -0.118. The van der Waals surface area contributed by atoms with Crippen molar-refractivity contribution in [3.05, 3.63) is 46.4 Å². The van der Waals surface area contributed by atoms with Crippen molar-refractivity contribution in [2.45, 2.75) is 0 Å². The van der Waals surface area contributed by atoms with E-state index in [1.165, 1.54) is 20.4 Å². The van der Waals surface area contributed by atoms with Crippen molar-refractivity contribution >= 4 is 51.1 Å². The summed E-state index contributed by atoms with van der Waals surface area (Å²) in [4.78, 5) is 12.2. The molecule has 0 fully saturated rings. The molecule has 4 N–H and O–H groups in total. The number of nitrogens with two attached hydrogens (primary N) is 1. The fourth-order valence-electron chi connectivity index (χ4n) is 2.17. The Hall–Kier alpha value is -2.85. The molecule has 8 nitrogen and oxygen atoms in total. The Morgan fingerprint density at radius 3 is 2.61 bits per heavy atom. The molecule has 0 aliphatic rings. The van der Waals surface area contributed by atoms with E-state index in [9.17, 15) is 4.79 Å². The number of rotatable bonds is 8. The Labute approximate surface area is 176 Å². The van der Waals surface area contributed by atoms with Crippen LogP contribution in [0.5, 0.6) is 17.2 Å². The maximum Gasteiger partial charge on any atom is 0.262 e. The lowest BCUT2D eigenvalue weighted by Crippen LogP contribution is -2.24. The van der Waals surface area contributed by atoms with Crippen molar-refractivity contribution in [2.24, 2.45) is 10.8 Å². The van der Waals surface area contributed by atoms with Crippen molar-refractivity contribution in [1.29, 1.82) is 0 Å². The Kier molecular flexibility index (Phi) is 8.02. The predicted molar refractivity (Wildman–Crippen MR) is 115 cm³/mol. The zero-order valence-electron chi connectivity index (χ0n) is 15.2. The lowest BCUT2D eigenvalue weighted by atomic mass is 10.2. The number of methoxy groups -OCH3 is 2. The smallest absolute Gasteiger partial charge is 0.262 e. The zero-order chi connectivity index (χ0) is 20.5. The van der Waals surface area contributed by atoms with Crippen LogP contribution in [-0.2, 0) is 4.79 Å². The number of thiocarbonyl (C=S) groups is 1. The van der Waals surface area contributed by atoms with Crippen LogP contribution in [0.1, 0.15) is 5.56 Å². The van der Waals surface area contributed by atoms with Crippen LogP contribution in [0.25, 0.3) is 0 Å². The molecule has 0 saturated heterocycles. The van der Waals surface area contributed by atoms with Gasteiger partial charge in [-0.3, -0.25) is 10.2 Å². The number of anilines is 1. The second kappa shape index (κ2) is 10.5. The predicted octanol–water partition coefficient (Wildman–Crippen LogP) is 2.65. The third kappa shape index (κ3) is 6.10. The van der Waals surface area contributed by atoms with E-state index in [-0.39, 0.29) is 17.6 Å². The summed E-state index contributed by atoms with van der Waals surface area (Å²) < 4.78 is 16.8. The molecule has 148 valence electrons. The first-order valence-electron chi connectivity index (χ1n) is 7.96. The van der Waals surface area contributed by atoms with Crippen molar-refractivity contribution in [1.82, 2.24) is 5.43 Å². The topological polar surface area (TPSA) is 107 Å². The number of hydrogen-bond acceptors (Lipinski definition) is 6. The number of ether oxygens (including phenoxy) is 3. The van der Waals surface area contributed by atoms with Gasteiger partial charge in [0.05, 0.1) is 26.1 Å². The van der Waals surface area contributed by atoms with E-state index in [2.05, 4.69) is 44.0 Å². The Bertz CT molecular complexity index is 892. The van der Waals surface area contributed by atoms with Gasteiger partial charge in [-0.15, -0.1) is 0 Å². The number of hydrogen-bond donors (Lipinski definition) is 3. The third-order valence-electron chi connectivity index (χ3n) is 3.40. The van der Waals surface area contributed by atoms with Gasteiger partial charge in [0.25, 0.3) is 5.91 Å². The molecule has 2 aromatic rings. The van der Waals surface area contributed by atoms with Gasteiger partial charge in [-0.2, -0.15) is 5.10 Å². The minimum Gasteiger partial charge on any atom is -0.495 e. The number of carbonyl (C=O) groups excluding carboxylic acids is 1. The maximum atomic E-state index is 12.2. The van der Waals surface area contributed by atoms with Crippen molar-refractivity contribution < 1.29 is 19.0 Å². The summed E-state index contributed by atoms with van der Waals surface area (Å²) in [6, 6.07) is 10.5. The van der Waals surface area contributed by atoms with E-state index in [1.54, 1.807) is 30.3 Å². The van der Waals surface area contributed by atoms with Gasteiger partial charge in [0.1, 0.15) is 5.75 Å². The molecule has 10 heteroatoms. The Balaban J connectivity index is 2.06. The fraction of sp³-hybridized carbons (Fsp3) is 0.167. The van der Waals surface area contributed by atoms with Crippen LogP contribution in [0.3, 0.4) is 0 Å². The second-order valence-electron chi connectivity index (χ2n) is 5.30. The quantitative estimate of drug-likeness (QED) is 0.311. The molecular formula is C18H19BrN4O4S. The molecule has 0 aliphatic carbocycles. The van der Waals surface area contributed by atoms with Crippen LogP contribution in [-0.4, -0.2) is 38.1 Å². The van der Waals surface area contributed by atoms with Crippen LogP contribution in [0, 0.1) is 0 Å². The molecule has 0 aromatic heterocycles. The molecule has 0 bridgehead atoms. The molecule has 2 rings (SSSR count). The first-order valence-corrected chi connectivity index (χ1v) is 9.16. The zero-order valence-corrected chi connectivity index (χ0v) is 17.6. The van der Waals surface area contributed by atoms with Crippen molar-refractivity contribution in [2.75, 3.05) is 26.1 Å². The highest BCUT2D eigenvalue weighted by molar-refractivity contribution is 9.10. The second-order valence-corrected chi connectivity index (χ2v) is 6.59. The molecule has 0 aliphatic heterocycles. The highest BCUT2D eigenvalue weighted by Gasteiger charge is 2.13. The first-order chi connectivity index (χ1) is 13.4. The minimum atomic E-state index is -0.339. The van der Waals surface area contributed by atoms with Gasteiger partial charge in [-0.25, -0.2) is 0 Å². The van der Waals surface area contributed by atoms with E-state index in [4.69, 9.17) is 19.9 Å². The summed E-state index contributed by atoms with van der Waals surface area (Å²) in [7, 11) is 3.03. The summed E-state index contributed by atoms with van der Waals surface area (Å²) in [6.07, 6.45) is 1.52. The molecule has 2 aromatic carbocycles. The summed E-state index contributed by atoms with van der Waals surface area (Å²) >= 11 is 8.11. The van der Waals surface area contributed by atoms with Crippen LogP contribution in [0.15, 0.2) is 46.0 Å². The average molecular weight is 467 g/mol. The van der Waals surface area contributed by atoms with Crippen LogP contribution in [0.2, 0.25) is 0 Å². The van der Waals surface area contributed by atoms with E-state index >= 15 is 0 Å². The fourth-order valence-corrected chi connectivity index (χ4v) is 2.64. The average Bonchev–Trinajstić information content (AvgIpc) is 2.67. The normalized spacial score (nSPS) is 10.4. The lowest BCUT2D eigenvalue weighted by Gasteiger charge is -2.13. The van der Waals surface area contributed by atoms with Crippen molar-refractivity contribution in [3.8, 4) is 17.2 Å². The first kappa shape index (κ1) is 21.5. The van der Waals surface area contributed by atoms with Gasteiger partial charge in [-0.1, -0.05) is 12.1 Å². The van der Waals surface area contributed by atoms with Gasteiger partial charge in [0.2, 0.25) is 0 Å². The molecule has 28 heavy (non-hydrogen) atoms. The highest BCUT2D eigenvalue weighted by atomic mass is 79.9. The number of carbonyl (C=O) groups is 1. The maximum absolute atomic E-state index is 12.2. The van der Waals surface area contributed by atoms with Gasteiger partial charge >= 0.3 is 0 Å². The molecule has 0 heterocycles. The van der Waals surface area contributed by atoms with E-state index in [1.807, 2.05) is 6.07 Å². The number of halogens is 1. The summed E-state index contributed by atoms with van der Waals surface area (Å²) in [5, 5.41) is 6.70. The summed E-state index contributed by atoms with van der Waals surface area (Å²) in [5.74, 6) is 1.05. The standard InChI is InChI=1S/C18H19BrN4O4S/c1-25-14-6-4-3-5-13(14)22-17(24)10-27-16-8-12(19)11(7-15(16)26-2)9-21-23-18(20)28/h3-9H,10H2,1-2H3,(H,22,24)(H3,20,23,28). The van der Waals surface area contributed by atoms with Crippen LogP contribution >= 0.6 is 28.1 Å². The molecule has 0 spiro atoms. The summed E-state index contributed by atoms with van der Waals surface area (Å²) in [5.41, 5.74) is 9.05. The van der Waals surface area contributed by atoms with Gasteiger partial charge in [0, 0.05) is 10.0 Å². The molecule has 0 radical (unpaired) electrons. The third-order valence-corrected chi connectivity index (χ3v) is 4.18. The number of para-hydroxylation sites is 2. The van der Waals surface area contributed by atoms with E-state index in [0.717, 1.165) is 0 Å². The number of nitrogens with zero attached hydrogens (tertiary/aromatic N) is 1. The largest absolute Gasteiger partial charge is 0.495 e. The Morgan fingerprint density at radius 1 is 1.21 bits per heavy atom. The minimum absolute atomic E-state index is 0.0559. The van der Waals surface area contributed by atoms with Gasteiger partial charge in [-0.05, 0) is 52.4 Å². The summed E-state index contributed by atoms with van der Waals surface area (Å²) in [6.45, 7) is -0.211. The van der Waals surface area contributed by atoms with Crippen LogP contribution < -0.4 is 30.7 Å². The molecule has 0 unspecified atom stereocenters. The molecule has 1 amide bonds. The number of amides is 1. The molecular weight excluding hydrogens is 448 g/mol. The van der Waals surface area contributed by atoms with E-state index in [0.29, 0.717) is 33.0 Å². The van der Waals surface area contributed by atoms with Crippen LogP contribution in [0.4, 0.5) is 5.69 Å². The van der Waals surface area contributed by atoms with Gasteiger partial charge < -0.3 is 25.3 Å².